The number of rotatable bonds is 5. The zero-order chi connectivity index (χ0) is 24.9. The summed E-state index contributed by atoms with van der Waals surface area (Å²) in [6.45, 7) is 0. The molecule has 1 aromatic heterocycles. The second kappa shape index (κ2) is 8.62. The van der Waals surface area contributed by atoms with Crippen LogP contribution in [0.15, 0.2) is 60.1 Å². The Labute approximate surface area is 201 Å². The zero-order valence-corrected chi connectivity index (χ0v) is 19.0. The van der Waals surface area contributed by atoms with Gasteiger partial charge in [-0.25, -0.2) is 18.2 Å². The third kappa shape index (κ3) is 3.85. The number of carbonyl (C=O) groups excluding carboxylic acids is 3. The highest BCUT2D eigenvalue weighted by Gasteiger charge is 2.44. The van der Waals surface area contributed by atoms with Crippen molar-refractivity contribution in [2.24, 2.45) is 0 Å². The summed E-state index contributed by atoms with van der Waals surface area (Å²) < 4.78 is 43.5. The zero-order valence-electron chi connectivity index (χ0n) is 18.2. The molecule has 10 heteroatoms. The predicted molar refractivity (Wildman–Crippen MR) is 124 cm³/mol. The molecule has 35 heavy (non-hydrogen) atoms. The van der Waals surface area contributed by atoms with E-state index in [0.717, 1.165) is 21.9 Å². The number of carbonyl (C=O) groups is 3. The molecule has 2 heterocycles. The van der Waals surface area contributed by atoms with Crippen LogP contribution in [0.1, 0.15) is 26.3 Å². The van der Waals surface area contributed by atoms with Crippen molar-refractivity contribution in [1.29, 1.82) is 0 Å². The summed E-state index contributed by atoms with van der Waals surface area (Å²) in [5.41, 5.74) is 1.72. The highest BCUT2D eigenvalue weighted by molar-refractivity contribution is 7.16. The van der Waals surface area contributed by atoms with E-state index in [-0.39, 0.29) is 34.3 Å². The van der Waals surface area contributed by atoms with E-state index in [9.17, 15) is 23.2 Å². The number of fused-ring (bicyclic) bond motifs is 2. The summed E-state index contributed by atoms with van der Waals surface area (Å²) in [4.78, 5) is 45.7. The summed E-state index contributed by atoms with van der Waals surface area (Å²) in [7, 11) is 1.30. The minimum absolute atomic E-state index is 0.0567. The standard InChI is InChI=1S/C25H16F3N3O3S/c1-30(18-6-7-20-22(21(18)28)29-12-35-20)25(34)19(10-13-8-14(26)11-15(27)9-13)31-23(32)16-4-2-3-5-17(16)24(31)33/h2-9,11-12,19H,10H2,1H3/t19-/m0/s1. The molecule has 0 N–H and O–H groups in total. The smallest absolute Gasteiger partial charge is 0.262 e. The number of anilines is 1. The molecule has 0 saturated heterocycles. The number of hydrogen-bond donors (Lipinski definition) is 0. The molecule has 0 fully saturated rings. The highest BCUT2D eigenvalue weighted by atomic mass is 32.1. The van der Waals surface area contributed by atoms with Crippen molar-refractivity contribution < 1.29 is 27.6 Å². The van der Waals surface area contributed by atoms with E-state index in [0.29, 0.717) is 10.8 Å². The molecule has 0 aliphatic carbocycles. The Kier molecular flexibility index (Phi) is 5.60. The predicted octanol–water partition coefficient (Wildman–Crippen LogP) is 4.58. The van der Waals surface area contributed by atoms with E-state index in [1.807, 2.05) is 0 Å². The van der Waals surface area contributed by atoms with Crippen molar-refractivity contribution in [2.75, 3.05) is 11.9 Å². The van der Waals surface area contributed by atoms with Crippen LogP contribution in [0.4, 0.5) is 18.9 Å². The third-order valence-corrected chi connectivity index (χ3v) is 6.68. The molecule has 4 aromatic rings. The molecular formula is C25H16F3N3O3S. The number of thiazole rings is 1. The summed E-state index contributed by atoms with van der Waals surface area (Å²) >= 11 is 1.23. The second-order valence-electron chi connectivity index (χ2n) is 8.02. The van der Waals surface area contributed by atoms with Gasteiger partial charge < -0.3 is 4.90 Å². The fraction of sp³-hybridized carbons (Fsp3) is 0.120. The Morgan fingerprint density at radius 2 is 1.63 bits per heavy atom. The van der Waals surface area contributed by atoms with Gasteiger partial charge in [0.1, 0.15) is 23.2 Å². The number of amides is 3. The van der Waals surface area contributed by atoms with Crippen LogP contribution < -0.4 is 4.90 Å². The monoisotopic (exact) mass is 495 g/mol. The lowest BCUT2D eigenvalue weighted by Gasteiger charge is -2.30. The van der Waals surface area contributed by atoms with Crippen LogP contribution in [0, 0.1) is 17.5 Å². The number of nitrogens with zero attached hydrogens (tertiary/aromatic N) is 3. The molecule has 1 aliphatic rings. The summed E-state index contributed by atoms with van der Waals surface area (Å²) in [6.07, 6.45) is -0.371. The number of likely N-dealkylation sites (N-methyl/N-ethyl adjacent to an activating group) is 1. The number of hydrogen-bond acceptors (Lipinski definition) is 5. The maximum atomic E-state index is 15.2. The van der Waals surface area contributed by atoms with Crippen LogP contribution in [-0.2, 0) is 11.2 Å². The maximum absolute atomic E-state index is 15.2. The molecule has 6 nitrogen and oxygen atoms in total. The molecule has 3 amide bonds. The third-order valence-electron chi connectivity index (χ3n) is 5.89. The first kappa shape index (κ1) is 22.7. The summed E-state index contributed by atoms with van der Waals surface area (Å²) in [5.74, 6) is -4.73. The number of aromatic nitrogens is 1. The summed E-state index contributed by atoms with van der Waals surface area (Å²) in [6, 6.07) is 10.3. The molecule has 5 rings (SSSR count). The first-order chi connectivity index (χ1) is 16.8. The Hall–Kier alpha value is -4.05. The molecule has 0 saturated carbocycles. The van der Waals surface area contributed by atoms with Gasteiger partial charge in [0.15, 0.2) is 5.82 Å². The molecule has 0 unspecified atom stereocenters. The molecule has 0 spiro atoms. The van der Waals surface area contributed by atoms with Crippen LogP contribution in [0.25, 0.3) is 10.2 Å². The molecular weight excluding hydrogens is 479 g/mol. The van der Waals surface area contributed by atoms with Gasteiger partial charge in [0.25, 0.3) is 11.8 Å². The first-order valence-corrected chi connectivity index (χ1v) is 11.4. The molecule has 3 aromatic carbocycles. The summed E-state index contributed by atoms with van der Waals surface area (Å²) in [5, 5.41) is 0. The average Bonchev–Trinajstić information content (AvgIpc) is 3.40. The van der Waals surface area contributed by atoms with Crippen molar-refractivity contribution in [3.63, 3.8) is 0 Å². The van der Waals surface area contributed by atoms with Gasteiger partial charge in [0.05, 0.1) is 27.0 Å². The van der Waals surface area contributed by atoms with Crippen LogP contribution >= 0.6 is 11.3 Å². The van der Waals surface area contributed by atoms with Crippen molar-refractivity contribution in [3.05, 3.63) is 94.2 Å². The SMILES string of the molecule is CN(C(=O)[C@H](Cc1cc(F)cc(F)c1)N1C(=O)c2ccccc2C1=O)c1ccc2scnc2c1F. The van der Waals surface area contributed by atoms with Crippen LogP contribution in [0.3, 0.4) is 0 Å². The Morgan fingerprint density at radius 1 is 1.00 bits per heavy atom. The number of imide groups is 1. The van der Waals surface area contributed by atoms with Crippen LogP contribution in [-0.4, -0.2) is 40.7 Å². The quantitative estimate of drug-likeness (QED) is 0.380. The van der Waals surface area contributed by atoms with E-state index >= 15 is 4.39 Å². The van der Waals surface area contributed by atoms with Crippen LogP contribution in [0.5, 0.6) is 0 Å². The van der Waals surface area contributed by atoms with Gasteiger partial charge in [0, 0.05) is 19.5 Å². The molecule has 1 atom stereocenters. The second-order valence-corrected chi connectivity index (χ2v) is 8.90. The van der Waals surface area contributed by atoms with Gasteiger partial charge in [-0.2, -0.15) is 0 Å². The Bertz CT molecular complexity index is 1470. The lowest BCUT2D eigenvalue weighted by Crippen LogP contribution is -2.51. The Morgan fingerprint density at radius 3 is 2.26 bits per heavy atom. The van der Waals surface area contributed by atoms with Crippen molar-refractivity contribution in [3.8, 4) is 0 Å². The normalized spacial score (nSPS) is 13.9. The molecule has 1 aliphatic heterocycles. The fourth-order valence-corrected chi connectivity index (χ4v) is 4.89. The lowest BCUT2D eigenvalue weighted by atomic mass is 10.0. The topological polar surface area (TPSA) is 70.6 Å². The lowest BCUT2D eigenvalue weighted by molar-refractivity contribution is -0.122. The molecule has 0 bridgehead atoms. The largest absolute Gasteiger partial charge is 0.311 e. The van der Waals surface area contributed by atoms with Gasteiger partial charge in [-0.3, -0.25) is 19.3 Å². The van der Waals surface area contributed by atoms with E-state index < -0.39 is 41.2 Å². The first-order valence-electron chi connectivity index (χ1n) is 10.5. The van der Waals surface area contributed by atoms with Crippen molar-refractivity contribution in [1.82, 2.24) is 9.88 Å². The minimum atomic E-state index is -1.49. The van der Waals surface area contributed by atoms with Gasteiger partial charge in [0.2, 0.25) is 5.91 Å². The maximum Gasteiger partial charge on any atom is 0.262 e. The minimum Gasteiger partial charge on any atom is -0.311 e. The van der Waals surface area contributed by atoms with Gasteiger partial charge >= 0.3 is 0 Å². The molecule has 0 radical (unpaired) electrons. The van der Waals surface area contributed by atoms with Crippen molar-refractivity contribution >= 4 is 45.0 Å². The van der Waals surface area contributed by atoms with Gasteiger partial charge in [-0.15, -0.1) is 11.3 Å². The van der Waals surface area contributed by atoms with E-state index in [1.54, 1.807) is 18.2 Å². The van der Waals surface area contributed by atoms with Gasteiger partial charge in [-0.1, -0.05) is 12.1 Å². The number of halogens is 3. The number of benzene rings is 3. The van der Waals surface area contributed by atoms with Crippen molar-refractivity contribution in [2.45, 2.75) is 12.5 Å². The van der Waals surface area contributed by atoms with E-state index in [4.69, 9.17) is 0 Å². The van der Waals surface area contributed by atoms with Gasteiger partial charge in [-0.05, 0) is 42.0 Å². The highest BCUT2D eigenvalue weighted by Crippen LogP contribution is 2.31. The fourth-order valence-electron chi connectivity index (χ4n) is 4.22. The average molecular weight is 495 g/mol. The Balaban J connectivity index is 1.57. The van der Waals surface area contributed by atoms with Crippen LogP contribution in [0.2, 0.25) is 0 Å². The van der Waals surface area contributed by atoms with E-state index in [2.05, 4.69) is 4.98 Å². The van der Waals surface area contributed by atoms with E-state index in [1.165, 1.54) is 42.1 Å². The molecule has 176 valence electrons.